The van der Waals surface area contributed by atoms with Gasteiger partial charge in [-0.1, -0.05) is 55.1 Å². The number of methoxy groups -OCH3 is 1. The van der Waals surface area contributed by atoms with Crippen molar-refractivity contribution < 1.29 is 22.7 Å². The van der Waals surface area contributed by atoms with Crippen molar-refractivity contribution in [1.82, 2.24) is 5.32 Å². The van der Waals surface area contributed by atoms with E-state index in [0.717, 1.165) is 32.8 Å². The van der Waals surface area contributed by atoms with Crippen LogP contribution in [0.3, 0.4) is 0 Å². The molecule has 0 bridgehead atoms. The van der Waals surface area contributed by atoms with E-state index in [1.165, 1.54) is 19.3 Å². The van der Waals surface area contributed by atoms with Crippen LogP contribution in [0.1, 0.15) is 65.2 Å². The first-order valence-corrected chi connectivity index (χ1v) is 13.6. The molecule has 1 heterocycles. The zero-order chi connectivity index (χ0) is 23.0. The van der Waals surface area contributed by atoms with Crippen molar-refractivity contribution in [2.75, 3.05) is 7.11 Å². The van der Waals surface area contributed by atoms with Crippen molar-refractivity contribution in [3.8, 4) is 0 Å². The van der Waals surface area contributed by atoms with Gasteiger partial charge >= 0.3 is 5.97 Å². The van der Waals surface area contributed by atoms with E-state index < -0.39 is 35.0 Å². The summed E-state index contributed by atoms with van der Waals surface area (Å²) in [6.45, 7) is 4.38. The highest BCUT2D eigenvalue weighted by Gasteiger charge is 2.72. The van der Waals surface area contributed by atoms with Crippen molar-refractivity contribution >= 4 is 56.5 Å². The normalized spacial score (nSPS) is 45.2. The van der Waals surface area contributed by atoms with Gasteiger partial charge in [0.15, 0.2) is 0 Å². The molecule has 1 amide bonds. The second-order valence-corrected chi connectivity index (χ2v) is 15.8. The van der Waals surface area contributed by atoms with Crippen molar-refractivity contribution in [3.05, 3.63) is 0 Å². The zero-order valence-electron chi connectivity index (χ0n) is 18.0. The van der Waals surface area contributed by atoms with Crippen LogP contribution in [0, 0.1) is 28.6 Å². The maximum atomic E-state index is 13.4. The van der Waals surface area contributed by atoms with Gasteiger partial charge in [0, 0.05) is 6.04 Å². The third-order valence-electron chi connectivity index (χ3n) is 9.23. The molecule has 0 aromatic rings. The van der Waals surface area contributed by atoms with Crippen LogP contribution in [0.25, 0.3) is 0 Å². The number of piperidine rings is 1. The van der Waals surface area contributed by atoms with Gasteiger partial charge in [-0.3, -0.25) is 4.79 Å². The molecule has 0 radical (unpaired) electrons. The lowest BCUT2D eigenvalue weighted by Gasteiger charge is -2.61. The zero-order valence-corrected chi connectivity index (χ0v) is 21.1. The number of fused-ring (bicyclic) bond motifs is 5. The maximum absolute atomic E-state index is 13.4. The average Bonchev–Trinajstić information content (AvgIpc) is 3.08. The van der Waals surface area contributed by atoms with Crippen LogP contribution in [0.15, 0.2) is 0 Å². The number of amides is 1. The molecule has 3 saturated carbocycles. The molecule has 1 aliphatic heterocycles. The Balaban J connectivity index is 1.81. The van der Waals surface area contributed by atoms with Gasteiger partial charge in [0.05, 0.1) is 7.11 Å². The molecule has 4 aliphatic rings. The predicted octanol–water partition coefficient (Wildman–Crippen LogP) is 4.16. The number of esters is 1. The molecule has 1 saturated heterocycles. The van der Waals surface area contributed by atoms with Crippen LogP contribution in [0.4, 0.5) is 0 Å². The lowest BCUT2D eigenvalue weighted by atomic mass is 9.47. The second-order valence-electron chi connectivity index (χ2n) is 10.5. The summed E-state index contributed by atoms with van der Waals surface area (Å²) >= 11 is 17.5. The Kier molecular flexibility index (Phi) is 5.69. The molecule has 0 spiro atoms. The lowest BCUT2D eigenvalue weighted by Crippen LogP contribution is -2.73. The number of hydrogen-bond acceptors (Lipinski definition) is 5. The Bertz CT molecular complexity index is 905. The average molecular weight is 515 g/mol. The van der Waals surface area contributed by atoms with E-state index in [-0.39, 0.29) is 18.4 Å². The minimum absolute atomic E-state index is 0.178. The van der Waals surface area contributed by atoms with E-state index in [9.17, 15) is 18.0 Å². The van der Waals surface area contributed by atoms with Crippen LogP contribution in [-0.2, 0) is 24.2 Å². The molecule has 6 nitrogen and oxygen atoms in total. The monoisotopic (exact) mass is 513 g/mol. The number of alkyl halides is 3. The van der Waals surface area contributed by atoms with Crippen LogP contribution in [0.5, 0.6) is 0 Å². The number of carbonyl (C=O) groups excluding carboxylic acids is 2. The molecular weight excluding hydrogens is 485 g/mol. The molecule has 4 fully saturated rings. The highest BCUT2D eigenvalue weighted by molar-refractivity contribution is 7.99. The van der Waals surface area contributed by atoms with Crippen LogP contribution in [-0.4, -0.2) is 41.3 Å². The summed E-state index contributed by atoms with van der Waals surface area (Å²) in [4.78, 5) is 26.2. The summed E-state index contributed by atoms with van der Waals surface area (Å²) in [5, 5.41) is 2.85. The van der Waals surface area contributed by atoms with Gasteiger partial charge in [0.2, 0.25) is 9.84 Å². The molecule has 0 aromatic heterocycles. The number of sulfone groups is 1. The Morgan fingerprint density at radius 1 is 1.10 bits per heavy atom. The predicted molar refractivity (Wildman–Crippen MR) is 120 cm³/mol. The number of halogens is 3. The molecule has 1 N–H and O–H groups in total. The van der Waals surface area contributed by atoms with E-state index in [2.05, 4.69) is 12.2 Å². The molecule has 10 heteroatoms. The first kappa shape index (κ1) is 23.9. The van der Waals surface area contributed by atoms with Gasteiger partial charge in [-0.2, -0.15) is 0 Å². The highest BCUT2D eigenvalue weighted by Crippen LogP contribution is 2.65. The molecule has 3 aliphatic carbocycles. The molecule has 176 valence electrons. The lowest BCUT2D eigenvalue weighted by molar-refractivity contribution is -0.158. The fourth-order valence-corrected chi connectivity index (χ4v) is 10.4. The van der Waals surface area contributed by atoms with Crippen molar-refractivity contribution in [1.29, 1.82) is 0 Å². The summed E-state index contributed by atoms with van der Waals surface area (Å²) in [5.74, 6) is -0.951. The largest absolute Gasteiger partial charge is 0.467 e. The number of carbonyl (C=O) groups is 2. The van der Waals surface area contributed by atoms with Crippen molar-refractivity contribution in [2.45, 2.75) is 79.1 Å². The van der Waals surface area contributed by atoms with E-state index >= 15 is 0 Å². The first-order valence-electron chi connectivity index (χ1n) is 10.9. The third kappa shape index (κ3) is 3.12. The van der Waals surface area contributed by atoms with Gasteiger partial charge < -0.3 is 10.1 Å². The Labute approximate surface area is 199 Å². The van der Waals surface area contributed by atoms with Crippen LogP contribution >= 0.6 is 34.8 Å². The fourth-order valence-electron chi connectivity index (χ4n) is 7.69. The topological polar surface area (TPSA) is 89.5 Å². The van der Waals surface area contributed by atoms with E-state index in [0.29, 0.717) is 17.3 Å². The summed E-state index contributed by atoms with van der Waals surface area (Å²) in [7, 11) is -3.82. The SMILES string of the molecule is COC(=O)C1(S(=O)(=O)C(Cl)(Cl)Cl)C[C@@]2(C)C(CC[C@@H]3[C@H]2CC[C@]2(C)CCC[C@@H]32)NC1=O. The van der Waals surface area contributed by atoms with Gasteiger partial charge in [0.25, 0.3) is 13.8 Å². The van der Waals surface area contributed by atoms with Gasteiger partial charge in [-0.15, -0.1) is 0 Å². The fraction of sp³-hybridized carbons (Fsp3) is 0.905. The smallest absolute Gasteiger partial charge is 0.337 e. The standard InChI is InChI=1S/C21H30Cl3NO5S/c1-18-9-4-5-13(18)12-6-7-15-19(2,14(12)8-10-18)11-20(16(26)25-15,17(27)30-3)31(28,29)21(22,23)24/h12-15H,4-11H2,1-3H3,(H,25,26)/t12-,13-,14+,15?,18-,19+,20?/m0/s1. The first-order chi connectivity index (χ1) is 14.2. The van der Waals surface area contributed by atoms with Crippen molar-refractivity contribution in [3.63, 3.8) is 0 Å². The molecule has 31 heavy (non-hydrogen) atoms. The van der Waals surface area contributed by atoms with Crippen molar-refractivity contribution in [2.24, 2.45) is 28.6 Å². The van der Waals surface area contributed by atoms with Gasteiger partial charge in [0.1, 0.15) is 0 Å². The number of nitrogens with one attached hydrogen (secondary N) is 1. The molecule has 2 unspecified atom stereocenters. The van der Waals surface area contributed by atoms with Gasteiger partial charge in [-0.05, 0) is 73.5 Å². The van der Waals surface area contributed by atoms with Crippen LogP contribution in [0.2, 0.25) is 0 Å². The molecular formula is C21H30Cl3NO5S. The van der Waals surface area contributed by atoms with E-state index in [4.69, 9.17) is 39.5 Å². The minimum atomic E-state index is -4.87. The molecule has 0 aromatic carbocycles. The van der Waals surface area contributed by atoms with E-state index in [1.807, 2.05) is 6.92 Å². The quantitative estimate of drug-likeness (QED) is 0.339. The van der Waals surface area contributed by atoms with Crippen LogP contribution < -0.4 is 5.32 Å². The number of hydrogen-bond donors (Lipinski definition) is 1. The Morgan fingerprint density at radius 2 is 1.77 bits per heavy atom. The summed E-state index contributed by atoms with van der Waals surface area (Å²) < 4.78 is 26.2. The summed E-state index contributed by atoms with van der Waals surface area (Å²) in [6, 6.07) is -0.227. The summed E-state index contributed by atoms with van der Waals surface area (Å²) in [5.41, 5.74) is -0.302. The number of rotatable bonds is 2. The molecule has 7 atom stereocenters. The maximum Gasteiger partial charge on any atom is 0.337 e. The Hall–Kier alpha value is -0.240. The van der Waals surface area contributed by atoms with E-state index in [1.54, 1.807) is 0 Å². The minimum Gasteiger partial charge on any atom is -0.467 e. The number of ether oxygens (including phenoxy) is 1. The summed E-state index contributed by atoms with van der Waals surface area (Å²) in [6.07, 6.45) is 7.14. The van der Waals surface area contributed by atoms with Gasteiger partial charge in [-0.25, -0.2) is 13.2 Å². The second kappa shape index (κ2) is 7.38. The Morgan fingerprint density at radius 3 is 2.39 bits per heavy atom. The highest BCUT2D eigenvalue weighted by atomic mass is 35.6. The molecule has 4 rings (SSSR count). The third-order valence-corrected chi connectivity index (χ3v) is 13.1.